The smallest absolute Gasteiger partial charge is 0.434 e. The van der Waals surface area contributed by atoms with Crippen molar-refractivity contribution in [3.8, 4) is 0 Å². The van der Waals surface area contributed by atoms with Crippen molar-refractivity contribution in [1.29, 1.82) is 0 Å². The molecular weight excluding hydrogens is 334 g/mol. The van der Waals surface area contributed by atoms with Crippen LogP contribution in [0.2, 0.25) is 0 Å². The summed E-state index contributed by atoms with van der Waals surface area (Å²) in [5.74, 6) is 0. The zero-order valence-electron chi connectivity index (χ0n) is 14.7. The number of rotatable bonds is 4. The predicted molar refractivity (Wildman–Crippen MR) is 99.7 cm³/mol. The van der Waals surface area contributed by atoms with Crippen molar-refractivity contribution in [3.63, 3.8) is 0 Å². The lowest BCUT2D eigenvalue weighted by atomic mass is 10.2. The molecule has 1 saturated heterocycles. The average Bonchev–Trinajstić information content (AvgIpc) is 2.93. The standard InChI is InChI=1S/C19H22N3O4/c1-20(24)17-7-9-18(10-8-17)21-11-12-22(26-14-13-21)19(23)25-15-16-5-3-2-4-6-16/h2-10H,11-15H2,1H3/q-1. The molecule has 0 saturated carbocycles. The molecule has 26 heavy (non-hydrogen) atoms. The summed E-state index contributed by atoms with van der Waals surface area (Å²) < 4.78 is 5.31. The van der Waals surface area contributed by atoms with Crippen molar-refractivity contribution in [2.24, 2.45) is 0 Å². The van der Waals surface area contributed by atoms with Gasteiger partial charge in [0.15, 0.2) is 0 Å². The molecule has 7 nitrogen and oxygen atoms in total. The van der Waals surface area contributed by atoms with Crippen molar-refractivity contribution in [2.75, 3.05) is 43.3 Å². The van der Waals surface area contributed by atoms with Crippen molar-refractivity contribution < 1.29 is 14.4 Å². The molecule has 0 aromatic heterocycles. The van der Waals surface area contributed by atoms with Crippen LogP contribution in [0.4, 0.5) is 16.2 Å². The highest BCUT2D eigenvalue weighted by molar-refractivity contribution is 5.66. The number of amides is 1. The molecule has 0 spiro atoms. The quantitative estimate of drug-likeness (QED) is 0.785. The Labute approximate surface area is 152 Å². The Kier molecular flexibility index (Phi) is 5.93. The molecule has 0 atom stereocenters. The molecule has 0 bridgehead atoms. The molecule has 2 aromatic carbocycles. The van der Waals surface area contributed by atoms with Gasteiger partial charge in [-0.1, -0.05) is 30.3 Å². The predicted octanol–water partition coefficient (Wildman–Crippen LogP) is 3.01. The molecule has 1 fully saturated rings. The molecule has 1 amide bonds. The second-order valence-corrected chi connectivity index (χ2v) is 5.98. The maximum Gasteiger partial charge on any atom is 0.434 e. The third-order valence-electron chi connectivity index (χ3n) is 4.17. The Morgan fingerprint density at radius 3 is 2.54 bits per heavy atom. The van der Waals surface area contributed by atoms with Gasteiger partial charge >= 0.3 is 6.09 Å². The SMILES string of the molecule is CN([O-])c1ccc(N2CCON(C(=O)OCc3ccccc3)CC2)cc1. The summed E-state index contributed by atoms with van der Waals surface area (Å²) in [7, 11) is 1.47. The van der Waals surface area contributed by atoms with Crippen LogP contribution in [0.5, 0.6) is 0 Å². The first-order valence-electron chi connectivity index (χ1n) is 8.50. The van der Waals surface area contributed by atoms with E-state index in [4.69, 9.17) is 9.57 Å². The van der Waals surface area contributed by atoms with Crippen molar-refractivity contribution in [2.45, 2.75) is 6.61 Å². The van der Waals surface area contributed by atoms with Crippen molar-refractivity contribution in [3.05, 3.63) is 65.4 Å². The van der Waals surface area contributed by atoms with Gasteiger partial charge in [-0.2, -0.15) is 5.06 Å². The summed E-state index contributed by atoms with van der Waals surface area (Å²) in [6, 6.07) is 16.9. The lowest BCUT2D eigenvalue weighted by Gasteiger charge is -2.26. The van der Waals surface area contributed by atoms with E-state index in [2.05, 4.69) is 4.90 Å². The van der Waals surface area contributed by atoms with Crippen molar-refractivity contribution in [1.82, 2.24) is 5.06 Å². The van der Waals surface area contributed by atoms with Gasteiger partial charge in [-0.15, -0.1) is 0 Å². The van der Waals surface area contributed by atoms with Gasteiger partial charge < -0.3 is 19.9 Å². The van der Waals surface area contributed by atoms with Gasteiger partial charge in [-0.05, 0) is 36.9 Å². The van der Waals surface area contributed by atoms with E-state index < -0.39 is 6.09 Å². The zero-order chi connectivity index (χ0) is 18.4. The Morgan fingerprint density at radius 2 is 1.85 bits per heavy atom. The minimum Gasteiger partial charge on any atom is -0.758 e. The van der Waals surface area contributed by atoms with Gasteiger partial charge in [0.25, 0.3) is 0 Å². The van der Waals surface area contributed by atoms with E-state index in [-0.39, 0.29) is 6.61 Å². The summed E-state index contributed by atoms with van der Waals surface area (Å²) in [5, 5.41) is 13.4. The first-order valence-corrected chi connectivity index (χ1v) is 8.50. The number of carbonyl (C=O) groups excluding carboxylic acids is 1. The first-order chi connectivity index (χ1) is 12.6. The number of anilines is 2. The fourth-order valence-corrected chi connectivity index (χ4v) is 2.72. The molecule has 0 aliphatic carbocycles. The highest BCUT2D eigenvalue weighted by Crippen LogP contribution is 2.20. The lowest BCUT2D eigenvalue weighted by Crippen LogP contribution is -2.34. The number of ether oxygens (including phenoxy) is 1. The number of hydrogen-bond donors (Lipinski definition) is 0. The van der Waals surface area contributed by atoms with Gasteiger partial charge in [0, 0.05) is 24.5 Å². The number of hydroxylamine groups is 3. The highest BCUT2D eigenvalue weighted by Gasteiger charge is 2.21. The maximum atomic E-state index is 12.2. The topological polar surface area (TPSA) is 68.3 Å². The minimum atomic E-state index is -0.487. The molecule has 138 valence electrons. The van der Waals surface area contributed by atoms with Crippen LogP contribution in [0.3, 0.4) is 0 Å². The number of nitrogens with zero attached hydrogens (tertiary/aromatic N) is 3. The summed E-state index contributed by atoms with van der Waals surface area (Å²) in [6.07, 6.45) is -0.487. The van der Waals surface area contributed by atoms with E-state index in [0.717, 1.165) is 16.3 Å². The van der Waals surface area contributed by atoms with Crippen LogP contribution in [-0.2, 0) is 16.2 Å². The van der Waals surface area contributed by atoms with Gasteiger partial charge in [-0.25, -0.2) is 4.79 Å². The summed E-state index contributed by atoms with van der Waals surface area (Å²) >= 11 is 0. The second kappa shape index (κ2) is 8.55. The van der Waals surface area contributed by atoms with Gasteiger partial charge in [-0.3, -0.25) is 4.84 Å². The lowest BCUT2D eigenvalue weighted by molar-refractivity contribution is -0.126. The fourth-order valence-electron chi connectivity index (χ4n) is 2.72. The number of hydrogen-bond acceptors (Lipinski definition) is 6. The van der Waals surface area contributed by atoms with Crippen LogP contribution in [0.15, 0.2) is 54.6 Å². The summed E-state index contributed by atoms with van der Waals surface area (Å²) in [4.78, 5) is 19.8. The first kappa shape index (κ1) is 18.0. The van der Waals surface area contributed by atoms with Crippen LogP contribution < -0.4 is 9.96 Å². The number of carbonyl (C=O) groups is 1. The van der Waals surface area contributed by atoms with E-state index in [0.29, 0.717) is 31.9 Å². The van der Waals surface area contributed by atoms with Gasteiger partial charge in [0.1, 0.15) is 6.61 Å². The van der Waals surface area contributed by atoms with Crippen LogP contribution in [0.25, 0.3) is 0 Å². The van der Waals surface area contributed by atoms with Crippen LogP contribution >= 0.6 is 0 Å². The molecule has 1 aliphatic rings. The van der Waals surface area contributed by atoms with Crippen molar-refractivity contribution >= 4 is 17.5 Å². The maximum absolute atomic E-state index is 12.2. The molecular formula is C19H22N3O4-. The largest absolute Gasteiger partial charge is 0.758 e. The highest BCUT2D eigenvalue weighted by atomic mass is 16.7. The molecule has 2 aromatic rings. The Morgan fingerprint density at radius 1 is 1.12 bits per heavy atom. The second-order valence-electron chi connectivity index (χ2n) is 5.98. The van der Waals surface area contributed by atoms with E-state index in [1.807, 2.05) is 42.5 Å². The molecule has 1 aliphatic heterocycles. The van der Waals surface area contributed by atoms with Gasteiger partial charge in [0.05, 0.1) is 13.2 Å². The van der Waals surface area contributed by atoms with Gasteiger partial charge in [0.2, 0.25) is 0 Å². The molecule has 7 heteroatoms. The molecule has 3 rings (SSSR count). The zero-order valence-corrected chi connectivity index (χ0v) is 14.7. The van der Waals surface area contributed by atoms with Crippen LogP contribution in [0, 0.1) is 5.21 Å². The Bertz CT molecular complexity index is 706. The molecule has 0 N–H and O–H groups in total. The molecule has 0 unspecified atom stereocenters. The van der Waals surface area contributed by atoms with Crippen LogP contribution in [0.1, 0.15) is 5.56 Å². The monoisotopic (exact) mass is 356 g/mol. The Balaban J connectivity index is 1.53. The summed E-state index contributed by atoms with van der Waals surface area (Å²) in [6.45, 7) is 2.26. The van der Waals surface area contributed by atoms with E-state index >= 15 is 0 Å². The fraction of sp³-hybridized carbons (Fsp3) is 0.316. The molecule has 1 heterocycles. The number of benzene rings is 2. The molecule has 0 radical (unpaired) electrons. The third-order valence-corrected chi connectivity index (χ3v) is 4.17. The summed E-state index contributed by atoms with van der Waals surface area (Å²) in [5.41, 5.74) is 2.52. The van der Waals surface area contributed by atoms with E-state index in [1.165, 1.54) is 12.1 Å². The normalized spacial score (nSPS) is 14.7. The minimum absolute atomic E-state index is 0.216. The third kappa shape index (κ3) is 4.65. The Hall–Kier alpha value is -2.77. The average molecular weight is 356 g/mol. The van der Waals surface area contributed by atoms with E-state index in [1.54, 1.807) is 12.1 Å². The van der Waals surface area contributed by atoms with E-state index in [9.17, 15) is 10.0 Å². The van der Waals surface area contributed by atoms with Crippen LogP contribution in [-0.4, -0.2) is 44.4 Å².